The lowest BCUT2D eigenvalue weighted by Gasteiger charge is -2.17. The van der Waals surface area contributed by atoms with Gasteiger partial charge in [0.2, 0.25) is 5.91 Å². The molecule has 4 nitrogen and oxygen atoms in total. The van der Waals surface area contributed by atoms with Gasteiger partial charge in [-0.25, -0.2) is 0 Å². The minimum absolute atomic E-state index is 0. The van der Waals surface area contributed by atoms with Crippen LogP contribution in [0.1, 0.15) is 25.0 Å². The first-order chi connectivity index (χ1) is 7.84. The van der Waals surface area contributed by atoms with Gasteiger partial charge in [-0.3, -0.25) is 4.79 Å². The molecule has 0 fully saturated rings. The molecular formula is C13H21ClN2O2. The van der Waals surface area contributed by atoms with Crippen molar-refractivity contribution in [2.45, 2.75) is 33.7 Å². The number of anilines is 1. The number of rotatable bonds is 3. The van der Waals surface area contributed by atoms with Crippen LogP contribution in [0, 0.1) is 19.8 Å². The van der Waals surface area contributed by atoms with Gasteiger partial charge in [0.1, 0.15) is 5.75 Å². The van der Waals surface area contributed by atoms with Crippen LogP contribution in [0.4, 0.5) is 5.69 Å². The summed E-state index contributed by atoms with van der Waals surface area (Å²) in [6, 6.07) is 2.99. The van der Waals surface area contributed by atoms with Gasteiger partial charge in [-0.1, -0.05) is 19.9 Å². The second kappa shape index (κ2) is 6.61. The Morgan fingerprint density at radius 2 is 1.89 bits per heavy atom. The summed E-state index contributed by atoms with van der Waals surface area (Å²) in [6.07, 6.45) is 0. The summed E-state index contributed by atoms with van der Waals surface area (Å²) in [5, 5.41) is 12.5. The van der Waals surface area contributed by atoms with Crippen LogP contribution in [-0.4, -0.2) is 17.1 Å². The number of hydrogen-bond acceptors (Lipinski definition) is 3. The van der Waals surface area contributed by atoms with Crippen LogP contribution in [-0.2, 0) is 4.79 Å². The van der Waals surface area contributed by atoms with Crippen LogP contribution < -0.4 is 11.1 Å². The lowest BCUT2D eigenvalue weighted by Crippen LogP contribution is -2.39. The van der Waals surface area contributed by atoms with Crippen LogP contribution >= 0.6 is 12.4 Å². The molecule has 0 bridgehead atoms. The molecular weight excluding hydrogens is 252 g/mol. The minimum atomic E-state index is -0.544. The summed E-state index contributed by atoms with van der Waals surface area (Å²) in [5.74, 6) is 0.0571. The van der Waals surface area contributed by atoms with Gasteiger partial charge in [0.15, 0.2) is 0 Å². The van der Waals surface area contributed by atoms with E-state index in [-0.39, 0.29) is 30.0 Å². The number of halogens is 1. The molecule has 1 aromatic carbocycles. The molecule has 0 radical (unpaired) electrons. The maximum Gasteiger partial charge on any atom is 0.241 e. The highest BCUT2D eigenvalue weighted by Gasteiger charge is 2.18. The standard InChI is InChI=1S/C13H20N2O2.ClH/c1-7(2)11(14)13(17)15-10-6-5-8(3)12(16)9(10)4;/h5-7,11,16H,14H2,1-4H3,(H,15,17);1H/t11-;/m1./s1. The van der Waals surface area contributed by atoms with E-state index < -0.39 is 6.04 Å². The molecule has 5 heteroatoms. The second-order valence-corrected chi connectivity index (χ2v) is 4.66. The Labute approximate surface area is 114 Å². The van der Waals surface area contributed by atoms with Gasteiger partial charge in [0.05, 0.1) is 6.04 Å². The van der Waals surface area contributed by atoms with Crippen molar-refractivity contribution in [3.63, 3.8) is 0 Å². The molecule has 0 aromatic heterocycles. The monoisotopic (exact) mass is 272 g/mol. The summed E-state index contributed by atoms with van der Waals surface area (Å²) in [6.45, 7) is 7.36. The van der Waals surface area contributed by atoms with E-state index in [0.29, 0.717) is 11.3 Å². The fourth-order valence-corrected chi connectivity index (χ4v) is 1.49. The second-order valence-electron chi connectivity index (χ2n) is 4.66. The van der Waals surface area contributed by atoms with E-state index in [2.05, 4.69) is 5.32 Å². The number of benzene rings is 1. The number of amides is 1. The Balaban J connectivity index is 0.00000289. The molecule has 1 amide bonds. The summed E-state index contributed by atoms with van der Waals surface area (Å²) >= 11 is 0. The zero-order valence-corrected chi connectivity index (χ0v) is 12.0. The summed E-state index contributed by atoms with van der Waals surface area (Å²) in [5.41, 5.74) is 7.80. The van der Waals surface area contributed by atoms with E-state index in [4.69, 9.17) is 5.73 Å². The molecule has 102 valence electrons. The fraction of sp³-hybridized carbons (Fsp3) is 0.462. The first kappa shape index (κ1) is 16.7. The van der Waals surface area contributed by atoms with Crippen LogP contribution in [0.2, 0.25) is 0 Å². The average molecular weight is 273 g/mol. The molecule has 0 aliphatic carbocycles. The van der Waals surface area contributed by atoms with Gasteiger partial charge in [-0.05, 0) is 31.4 Å². The van der Waals surface area contributed by atoms with Crippen molar-refractivity contribution in [2.75, 3.05) is 5.32 Å². The number of aryl methyl sites for hydroxylation is 1. The van der Waals surface area contributed by atoms with Crippen molar-refractivity contribution < 1.29 is 9.90 Å². The van der Waals surface area contributed by atoms with Crippen molar-refractivity contribution in [3.8, 4) is 5.75 Å². The predicted molar refractivity (Wildman–Crippen MR) is 76.3 cm³/mol. The molecule has 1 aromatic rings. The first-order valence-electron chi connectivity index (χ1n) is 5.70. The van der Waals surface area contributed by atoms with E-state index >= 15 is 0 Å². The normalized spacial score (nSPS) is 11.9. The zero-order chi connectivity index (χ0) is 13.2. The highest BCUT2D eigenvalue weighted by atomic mass is 35.5. The van der Waals surface area contributed by atoms with Crippen LogP contribution in [0.15, 0.2) is 12.1 Å². The number of aromatic hydroxyl groups is 1. The Hall–Kier alpha value is -1.26. The Morgan fingerprint density at radius 1 is 1.33 bits per heavy atom. The molecule has 0 spiro atoms. The highest BCUT2D eigenvalue weighted by molar-refractivity contribution is 5.95. The number of phenolic OH excluding ortho intramolecular Hbond substituents is 1. The Morgan fingerprint density at radius 3 is 2.39 bits per heavy atom. The van der Waals surface area contributed by atoms with Gasteiger partial charge < -0.3 is 16.2 Å². The highest BCUT2D eigenvalue weighted by Crippen LogP contribution is 2.28. The smallest absolute Gasteiger partial charge is 0.241 e. The molecule has 4 N–H and O–H groups in total. The van der Waals surface area contributed by atoms with Crippen molar-refractivity contribution >= 4 is 24.0 Å². The molecule has 0 saturated heterocycles. The third kappa shape index (κ3) is 3.62. The molecule has 0 unspecified atom stereocenters. The lowest BCUT2D eigenvalue weighted by molar-refractivity contribution is -0.118. The molecule has 0 aliphatic heterocycles. The maximum atomic E-state index is 11.8. The number of nitrogens with two attached hydrogens (primary N) is 1. The minimum Gasteiger partial charge on any atom is -0.507 e. The van der Waals surface area contributed by atoms with Crippen molar-refractivity contribution in [1.82, 2.24) is 0 Å². The summed E-state index contributed by atoms with van der Waals surface area (Å²) in [7, 11) is 0. The Bertz CT molecular complexity index is 433. The van der Waals surface area contributed by atoms with Gasteiger partial charge in [0.25, 0.3) is 0 Å². The van der Waals surface area contributed by atoms with Gasteiger partial charge in [-0.2, -0.15) is 0 Å². The number of hydrogen-bond donors (Lipinski definition) is 3. The van der Waals surface area contributed by atoms with Crippen molar-refractivity contribution in [1.29, 1.82) is 0 Å². The van der Waals surface area contributed by atoms with E-state index in [1.807, 2.05) is 20.8 Å². The van der Waals surface area contributed by atoms with Crippen molar-refractivity contribution in [3.05, 3.63) is 23.3 Å². The fourth-order valence-electron chi connectivity index (χ4n) is 1.49. The first-order valence-corrected chi connectivity index (χ1v) is 5.70. The molecule has 0 heterocycles. The third-order valence-electron chi connectivity index (χ3n) is 2.91. The lowest BCUT2D eigenvalue weighted by atomic mass is 10.0. The van der Waals surface area contributed by atoms with Crippen LogP contribution in [0.25, 0.3) is 0 Å². The molecule has 1 rings (SSSR count). The summed E-state index contributed by atoms with van der Waals surface area (Å²) < 4.78 is 0. The number of carbonyl (C=O) groups is 1. The zero-order valence-electron chi connectivity index (χ0n) is 11.2. The average Bonchev–Trinajstić information content (AvgIpc) is 2.28. The topological polar surface area (TPSA) is 75.4 Å². The predicted octanol–water partition coefficient (Wildman–Crippen LogP) is 2.35. The number of nitrogens with one attached hydrogen (secondary N) is 1. The van der Waals surface area contributed by atoms with Crippen molar-refractivity contribution in [2.24, 2.45) is 11.7 Å². The molecule has 1 atom stereocenters. The molecule has 18 heavy (non-hydrogen) atoms. The van der Waals surface area contributed by atoms with Gasteiger partial charge in [-0.15, -0.1) is 12.4 Å². The van der Waals surface area contributed by atoms with Crippen LogP contribution in [0.3, 0.4) is 0 Å². The SMILES string of the molecule is Cc1ccc(NC(=O)[C@H](N)C(C)C)c(C)c1O.Cl. The van der Waals surface area contributed by atoms with E-state index in [1.54, 1.807) is 19.1 Å². The summed E-state index contributed by atoms with van der Waals surface area (Å²) in [4.78, 5) is 11.8. The molecule has 0 aliphatic rings. The van der Waals surface area contributed by atoms with E-state index in [1.165, 1.54) is 0 Å². The van der Waals surface area contributed by atoms with Gasteiger partial charge in [0, 0.05) is 11.3 Å². The quantitative estimate of drug-likeness (QED) is 0.791. The van der Waals surface area contributed by atoms with Gasteiger partial charge >= 0.3 is 0 Å². The number of phenols is 1. The number of carbonyl (C=O) groups excluding carboxylic acids is 1. The molecule has 0 saturated carbocycles. The Kier molecular flexibility index (Phi) is 6.15. The largest absolute Gasteiger partial charge is 0.507 e. The van der Waals surface area contributed by atoms with Crippen LogP contribution in [0.5, 0.6) is 5.75 Å². The maximum absolute atomic E-state index is 11.8. The third-order valence-corrected chi connectivity index (χ3v) is 2.91. The van der Waals surface area contributed by atoms with E-state index in [0.717, 1.165) is 5.56 Å². The van der Waals surface area contributed by atoms with E-state index in [9.17, 15) is 9.90 Å².